The zero-order valence-corrected chi connectivity index (χ0v) is 15.0. The van der Waals surface area contributed by atoms with E-state index in [9.17, 15) is 9.59 Å². The molecule has 0 aliphatic carbocycles. The molecule has 1 N–H and O–H groups in total. The third-order valence-electron chi connectivity index (χ3n) is 4.61. The Morgan fingerprint density at radius 2 is 2.00 bits per heavy atom. The fourth-order valence-electron chi connectivity index (χ4n) is 3.00. The lowest BCUT2D eigenvalue weighted by atomic mass is 9.95. The van der Waals surface area contributed by atoms with Gasteiger partial charge >= 0.3 is 0 Å². The molecule has 0 spiro atoms. The number of rotatable bonds is 5. The second-order valence-corrected chi connectivity index (χ2v) is 6.44. The van der Waals surface area contributed by atoms with Gasteiger partial charge in [-0.1, -0.05) is 12.1 Å². The van der Waals surface area contributed by atoms with Gasteiger partial charge in [-0.2, -0.15) is 4.98 Å². The molecule has 26 heavy (non-hydrogen) atoms. The summed E-state index contributed by atoms with van der Waals surface area (Å²) in [5.41, 5.74) is 0.625. The zero-order valence-electron chi connectivity index (χ0n) is 15.0. The van der Waals surface area contributed by atoms with Gasteiger partial charge in [0.25, 0.3) is 5.91 Å². The SMILES string of the molecule is CCc1noc([C@@H](C)NC(=O)C2CCN(C(=O)c3ccncc3)CC2)n1. The molecule has 1 saturated heterocycles. The summed E-state index contributed by atoms with van der Waals surface area (Å²) in [4.78, 5) is 34.9. The number of hydrogen-bond acceptors (Lipinski definition) is 6. The summed E-state index contributed by atoms with van der Waals surface area (Å²) in [5.74, 6) is 0.874. The maximum Gasteiger partial charge on any atom is 0.253 e. The average molecular weight is 357 g/mol. The number of nitrogens with one attached hydrogen (secondary N) is 1. The Hall–Kier alpha value is -2.77. The lowest BCUT2D eigenvalue weighted by molar-refractivity contribution is -0.127. The van der Waals surface area contributed by atoms with Crippen LogP contribution in [0.2, 0.25) is 0 Å². The van der Waals surface area contributed by atoms with E-state index in [2.05, 4.69) is 20.4 Å². The maximum absolute atomic E-state index is 12.5. The number of hydrogen-bond donors (Lipinski definition) is 1. The normalized spacial score (nSPS) is 16.3. The van der Waals surface area contributed by atoms with Gasteiger partial charge < -0.3 is 14.7 Å². The number of piperidine rings is 1. The first kappa shape index (κ1) is 18.0. The molecule has 1 atom stereocenters. The van der Waals surface area contributed by atoms with E-state index in [1.54, 1.807) is 29.4 Å². The van der Waals surface area contributed by atoms with Crippen LogP contribution in [-0.4, -0.2) is 44.9 Å². The number of carbonyl (C=O) groups is 2. The van der Waals surface area contributed by atoms with Crippen LogP contribution in [0.25, 0.3) is 0 Å². The van der Waals surface area contributed by atoms with Crippen molar-refractivity contribution in [2.75, 3.05) is 13.1 Å². The molecule has 2 aromatic rings. The molecule has 0 saturated carbocycles. The van der Waals surface area contributed by atoms with E-state index in [4.69, 9.17) is 4.52 Å². The molecule has 3 heterocycles. The van der Waals surface area contributed by atoms with Crippen LogP contribution in [0, 0.1) is 5.92 Å². The summed E-state index contributed by atoms with van der Waals surface area (Å²) in [6.45, 7) is 4.90. The predicted molar refractivity (Wildman–Crippen MR) is 93.1 cm³/mol. The highest BCUT2D eigenvalue weighted by atomic mass is 16.5. The van der Waals surface area contributed by atoms with Crippen molar-refractivity contribution in [2.45, 2.75) is 39.2 Å². The summed E-state index contributed by atoms with van der Waals surface area (Å²) in [6.07, 6.45) is 5.18. The molecule has 0 radical (unpaired) electrons. The zero-order chi connectivity index (χ0) is 18.5. The smallest absolute Gasteiger partial charge is 0.253 e. The van der Waals surface area contributed by atoms with Gasteiger partial charge in [0.15, 0.2) is 5.82 Å². The molecule has 0 unspecified atom stereocenters. The molecule has 1 aliphatic heterocycles. The molecule has 138 valence electrons. The number of likely N-dealkylation sites (tertiary alicyclic amines) is 1. The lowest BCUT2D eigenvalue weighted by Gasteiger charge is -2.31. The molecule has 2 aromatic heterocycles. The van der Waals surface area contributed by atoms with E-state index in [1.165, 1.54) is 0 Å². The Bertz CT molecular complexity index is 753. The Morgan fingerprint density at radius 3 is 2.62 bits per heavy atom. The molecule has 1 aliphatic rings. The quantitative estimate of drug-likeness (QED) is 0.875. The van der Waals surface area contributed by atoms with E-state index in [1.807, 2.05) is 13.8 Å². The minimum atomic E-state index is -0.327. The van der Waals surface area contributed by atoms with Crippen LogP contribution in [0.5, 0.6) is 0 Å². The van der Waals surface area contributed by atoms with E-state index >= 15 is 0 Å². The van der Waals surface area contributed by atoms with Gasteiger partial charge in [-0.3, -0.25) is 14.6 Å². The van der Waals surface area contributed by atoms with Crippen LogP contribution in [0.1, 0.15) is 54.8 Å². The van der Waals surface area contributed by atoms with Crippen LogP contribution in [0.3, 0.4) is 0 Å². The summed E-state index contributed by atoms with van der Waals surface area (Å²) in [7, 11) is 0. The van der Waals surface area contributed by atoms with Crippen molar-refractivity contribution in [3.05, 3.63) is 41.8 Å². The minimum absolute atomic E-state index is 0.0161. The summed E-state index contributed by atoms with van der Waals surface area (Å²) in [5, 5.41) is 6.78. The van der Waals surface area contributed by atoms with Gasteiger partial charge in [-0.25, -0.2) is 0 Å². The van der Waals surface area contributed by atoms with Crippen LogP contribution in [-0.2, 0) is 11.2 Å². The molecular formula is C18H23N5O3. The third-order valence-corrected chi connectivity index (χ3v) is 4.61. The van der Waals surface area contributed by atoms with E-state index in [0.717, 1.165) is 0 Å². The van der Waals surface area contributed by atoms with Gasteiger partial charge in [0.05, 0.1) is 0 Å². The molecule has 2 amide bonds. The van der Waals surface area contributed by atoms with Gasteiger partial charge in [-0.15, -0.1) is 0 Å². The van der Waals surface area contributed by atoms with Crippen molar-refractivity contribution in [2.24, 2.45) is 5.92 Å². The fraction of sp³-hybridized carbons (Fsp3) is 0.500. The van der Waals surface area contributed by atoms with E-state index in [0.29, 0.717) is 49.6 Å². The third kappa shape index (κ3) is 4.07. The van der Waals surface area contributed by atoms with Gasteiger partial charge in [-0.05, 0) is 31.9 Å². The summed E-state index contributed by atoms with van der Waals surface area (Å²) >= 11 is 0. The van der Waals surface area contributed by atoms with Crippen molar-refractivity contribution in [3.63, 3.8) is 0 Å². The van der Waals surface area contributed by atoms with Gasteiger partial charge in [0.1, 0.15) is 6.04 Å². The van der Waals surface area contributed by atoms with E-state index in [-0.39, 0.29) is 23.8 Å². The van der Waals surface area contributed by atoms with Crippen LogP contribution in [0.15, 0.2) is 29.0 Å². The molecule has 0 bridgehead atoms. The molecule has 8 heteroatoms. The Morgan fingerprint density at radius 1 is 1.31 bits per heavy atom. The lowest BCUT2D eigenvalue weighted by Crippen LogP contribution is -2.43. The molecular weight excluding hydrogens is 334 g/mol. The van der Waals surface area contributed by atoms with Crippen LogP contribution < -0.4 is 5.32 Å². The summed E-state index contributed by atoms with van der Waals surface area (Å²) < 4.78 is 5.17. The number of pyridine rings is 1. The minimum Gasteiger partial charge on any atom is -0.344 e. The van der Waals surface area contributed by atoms with Crippen molar-refractivity contribution >= 4 is 11.8 Å². The summed E-state index contributed by atoms with van der Waals surface area (Å²) in [6, 6.07) is 3.09. The standard InChI is InChI=1S/C18H23N5O3/c1-3-15-21-17(26-22-15)12(2)20-16(24)13-6-10-23(11-7-13)18(25)14-4-8-19-9-5-14/h4-5,8-9,12-13H,3,6-7,10-11H2,1-2H3,(H,20,24)/t12-/m1/s1. The predicted octanol–water partition coefficient (Wildman–Crippen LogP) is 1.76. The highest BCUT2D eigenvalue weighted by molar-refractivity contribution is 5.94. The highest BCUT2D eigenvalue weighted by Crippen LogP contribution is 2.20. The first-order valence-electron chi connectivity index (χ1n) is 8.90. The number of aromatic nitrogens is 3. The maximum atomic E-state index is 12.5. The number of amides is 2. The fourth-order valence-corrected chi connectivity index (χ4v) is 3.00. The van der Waals surface area contributed by atoms with Crippen LogP contribution in [0.4, 0.5) is 0 Å². The number of nitrogens with zero attached hydrogens (tertiary/aromatic N) is 4. The van der Waals surface area contributed by atoms with Crippen molar-refractivity contribution in [1.82, 2.24) is 25.3 Å². The average Bonchev–Trinajstić information content (AvgIpc) is 3.17. The molecule has 3 rings (SSSR count). The number of aryl methyl sites for hydroxylation is 1. The van der Waals surface area contributed by atoms with Crippen molar-refractivity contribution in [1.29, 1.82) is 0 Å². The first-order chi connectivity index (χ1) is 12.6. The first-order valence-corrected chi connectivity index (χ1v) is 8.90. The Labute approximate surface area is 152 Å². The molecule has 8 nitrogen and oxygen atoms in total. The van der Waals surface area contributed by atoms with Crippen LogP contribution >= 0.6 is 0 Å². The second-order valence-electron chi connectivity index (χ2n) is 6.44. The topological polar surface area (TPSA) is 101 Å². The Kier molecular flexibility index (Phi) is 5.60. The molecule has 0 aromatic carbocycles. The van der Waals surface area contributed by atoms with Gasteiger partial charge in [0, 0.05) is 43.4 Å². The highest BCUT2D eigenvalue weighted by Gasteiger charge is 2.29. The van der Waals surface area contributed by atoms with Crippen molar-refractivity contribution in [3.8, 4) is 0 Å². The molecule has 1 fully saturated rings. The second kappa shape index (κ2) is 8.07. The van der Waals surface area contributed by atoms with Crippen molar-refractivity contribution < 1.29 is 14.1 Å². The Balaban J connectivity index is 1.51. The van der Waals surface area contributed by atoms with E-state index < -0.39 is 0 Å². The van der Waals surface area contributed by atoms with Gasteiger partial charge in [0.2, 0.25) is 11.8 Å². The monoisotopic (exact) mass is 357 g/mol. The largest absolute Gasteiger partial charge is 0.344 e. The number of carbonyl (C=O) groups excluding carboxylic acids is 2.